The molecule has 0 saturated carbocycles. The highest BCUT2D eigenvalue weighted by Gasteiger charge is 2.03. The summed E-state index contributed by atoms with van der Waals surface area (Å²) in [4.78, 5) is 11.8. The predicted molar refractivity (Wildman–Crippen MR) is 93.6 cm³/mol. The van der Waals surface area contributed by atoms with Crippen molar-refractivity contribution in [2.45, 2.75) is 12.3 Å². The van der Waals surface area contributed by atoms with Crippen molar-refractivity contribution in [3.63, 3.8) is 0 Å². The number of hydrogen-bond donors (Lipinski definition) is 1. The molecule has 0 spiro atoms. The molecule has 5 heteroatoms. The Bertz CT molecular complexity index is 621. The minimum absolute atomic E-state index is 0.0370. The highest BCUT2D eigenvalue weighted by molar-refractivity contribution is 9.10. The van der Waals surface area contributed by atoms with Gasteiger partial charge >= 0.3 is 0 Å². The highest BCUT2D eigenvalue weighted by atomic mass is 79.9. The van der Waals surface area contributed by atoms with Gasteiger partial charge in [-0.2, -0.15) is 0 Å². The van der Waals surface area contributed by atoms with Gasteiger partial charge in [-0.3, -0.25) is 4.79 Å². The maximum atomic E-state index is 11.8. The lowest BCUT2D eigenvalue weighted by molar-refractivity contribution is -0.118. The van der Waals surface area contributed by atoms with E-state index in [-0.39, 0.29) is 5.91 Å². The average molecular weight is 385 g/mol. The first-order chi connectivity index (χ1) is 10.1. The largest absolute Gasteiger partial charge is 0.351 e. The zero-order valence-electron chi connectivity index (χ0n) is 11.3. The zero-order valence-corrected chi connectivity index (χ0v) is 14.5. The van der Waals surface area contributed by atoms with Crippen molar-refractivity contribution in [1.29, 1.82) is 0 Å². The molecule has 0 unspecified atom stereocenters. The molecule has 0 aliphatic heterocycles. The number of amides is 1. The fourth-order valence-corrected chi connectivity index (χ4v) is 3.25. The average Bonchev–Trinajstić information content (AvgIpc) is 2.45. The minimum atomic E-state index is 0.0370. The molecular weight excluding hydrogens is 370 g/mol. The Labute approximate surface area is 142 Å². The number of hydrogen-bond acceptors (Lipinski definition) is 2. The number of carbonyl (C=O) groups is 1. The van der Waals surface area contributed by atoms with Crippen molar-refractivity contribution in [2.24, 2.45) is 0 Å². The second kappa shape index (κ2) is 8.47. The number of carbonyl (C=O) groups excluding carboxylic acids is 1. The molecule has 0 radical (unpaired) electrons. The third-order valence-corrected chi connectivity index (χ3v) is 4.50. The van der Waals surface area contributed by atoms with Gasteiger partial charge in [-0.25, -0.2) is 0 Å². The van der Waals surface area contributed by atoms with Crippen LogP contribution in [0.5, 0.6) is 0 Å². The lowest BCUT2D eigenvalue weighted by Gasteiger charge is -2.06. The molecule has 0 aliphatic carbocycles. The Morgan fingerprint density at radius 3 is 2.67 bits per heavy atom. The summed E-state index contributed by atoms with van der Waals surface area (Å²) in [6, 6.07) is 15.6. The van der Waals surface area contributed by atoms with Gasteiger partial charge in [-0.1, -0.05) is 51.8 Å². The maximum Gasteiger partial charge on any atom is 0.230 e. The van der Waals surface area contributed by atoms with Crippen LogP contribution < -0.4 is 5.32 Å². The maximum absolute atomic E-state index is 11.8. The molecule has 2 aromatic rings. The number of halogens is 2. The van der Waals surface area contributed by atoms with E-state index < -0.39 is 0 Å². The standard InChI is InChI=1S/C16H15BrClNOS/c17-14-5-1-4-13(7-14)10-21-11-16(20)19-9-12-3-2-6-15(18)8-12/h1-8H,9-11H2,(H,19,20). The van der Waals surface area contributed by atoms with E-state index in [0.29, 0.717) is 17.3 Å². The zero-order chi connectivity index (χ0) is 15.1. The van der Waals surface area contributed by atoms with Crippen LogP contribution >= 0.6 is 39.3 Å². The topological polar surface area (TPSA) is 29.1 Å². The van der Waals surface area contributed by atoms with Crippen LogP contribution in [0.2, 0.25) is 5.02 Å². The van der Waals surface area contributed by atoms with Gasteiger partial charge in [0.1, 0.15) is 0 Å². The molecule has 0 aliphatic rings. The van der Waals surface area contributed by atoms with Gasteiger partial charge < -0.3 is 5.32 Å². The molecular formula is C16H15BrClNOS. The van der Waals surface area contributed by atoms with E-state index in [2.05, 4.69) is 33.4 Å². The van der Waals surface area contributed by atoms with Crippen molar-refractivity contribution in [1.82, 2.24) is 5.32 Å². The van der Waals surface area contributed by atoms with Gasteiger partial charge in [0.2, 0.25) is 5.91 Å². The van der Waals surface area contributed by atoms with Gasteiger partial charge in [-0.15, -0.1) is 11.8 Å². The molecule has 2 aromatic carbocycles. The quantitative estimate of drug-likeness (QED) is 0.785. The molecule has 0 heterocycles. The first-order valence-electron chi connectivity index (χ1n) is 6.47. The number of nitrogens with one attached hydrogen (secondary N) is 1. The minimum Gasteiger partial charge on any atom is -0.351 e. The van der Waals surface area contributed by atoms with Crippen molar-refractivity contribution < 1.29 is 4.79 Å². The lowest BCUT2D eigenvalue weighted by Crippen LogP contribution is -2.24. The van der Waals surface area contributed by atoms with Crippen molar-refractivity contribution in [2.75, 3.05) is 5.75 Å². The smallest absolute Gasteiger partial charge is 0.230 e. The first kappa shape index (κ1) is 16.4. The van der Waals surface area contributed by atoms with Crippen LogP contribution in [0.15, 0.2) is 53.0 Å². The molecule has 21 heavy (non-hydrogen) atoms. The molecule has 0 atom stereocenters. The van der Waals surface area contributed by atoms with Crippen LogP contribution in [0.1, 0.15) is 11.1 Å². The molecule has 2 rings (SSSR count). The van der Waals surface area contributed by atoms with Crippen molar-refractivity contribution >= 4 is 45.2 Å². The van der Waals surface area contributed by atoms with Crippen molar-refractivity contribution in [3.8, 4) is 0 Å². The molecule has 0 aromatic heterocycles. The Balaban J connectivity index is 1.70. The summed E-state index contributed by atoms with van der Waals surface area (Å²) in [6.45, 7) is 0.511. The summed E-state index contributed by atoms with van der Waals surface area (Å²) in [5.41, 5.74) is 2.21. The third-order valence-electron chi connectivity index (χ3n) is 2.77. The number of rotatable bonds is 6. The summed E-state index contributed by atoms with van der Waals surface area (Å²) >= 11 is 10.9. The summed E-state index contributed by atoms with van der Waals surface area (Å²) in [5, 5.41) is 3.58. The lowest BCUT2D eigenvalue weighted by atomic mass is 10.2. The van der Waals surface area contributed by atoms with Crippen LogP contribution in [0, 0.1) is 0 Å². The SMILES string of the molecule is O=C(CSCc1cccc(Br)c1)NCc1cccc(Cl)c1. The molecule has 1 amide bonds. The normalized spacial score (nSPS) is 10.4. The van der Waals surface area contributed by atoms with Crippen LogP contribution in [0.3, 0.4) is 0 Å². The molecule has 0 fully saturated rings. The van der Waals surface area contributed by atoms with Gasteiger partial charge in [-0.05, 0) is 35.4 Å². The van der Waals surface area contributed by atoms with Crippen LogP contribution in [0.25, 0.3) is 0 Å². The second-order valence-corrected chi connectivity index (χ2v) is 6.87. The van der Waals surface area contributed by atoms with Crippen LogP contribution in [-0.2, 0) is 17.1 Å². The fourth-order valence-electron chi connectivity index (χ4n) is 1.79. The van der Waals surface area contributed by atoms with Gasteiger partial charge in [0.05, 0.1) is 5.75 Å². The Morgan fingerprint density at radius 2 is 1.90 bits per heavy atom. The highest BCUT2D eigenvalue weighted by Crippen LogP contribution is 2.17. The Morgan fingerprint density at radius 1 is 1.14 bits per heavy atom. The van der Waals surface area contributed by atoms with E-state index in [0.717, 1.165) is 15.8 Å². The third kappa shape index (κ3) is 6.12. The van der Waals surface area contributed by atoms with Gasteiger partial charge in [0.15, 0.2) is 0 Å². The van der Waals surface area contributed by atoms with E-state index >= 15 is 0 Å². The monoisotopic (exact) mass is 383 g/mol. The van der Waals surface area contributed by atoms with Crippen LogP contribution in [-0.4, -0.2) is 11.7 Å². The van der Waals surface area contributed by atoms with E-state index in [1.54, 1.807) is 11.8 Å². The summed E-state index contributed by atoms with van der Waals surface area (Å²) in [5.74, 6) is 1.31. The van der Waals surface area contributed by atoms with Crippen molar-refractivity contribution in [3.05, 3.63) is 69.2 Å². The predicted octanol–water partition coefficient (Wildman–Crippen LogP) is 4.65. The molecule has 0 saturated heterocycles. The van der Waals surface area contributed by atoms with Crippen LogP contribution in [0.4, 0.5) is 0 Å². The van der Waals surface area contributed by atoms with E-state index in [4.69, 9.17) is 11.6 Å². The fraction of sp³-hybridized carbons (Fsp3) is 0.188. The molecule has 110 valence electrons. The summed E-state index contributed by atoms with van der Waals surface area (Å²) in [7, 11) is 0. The summed E-state index contributed by atoms with van der Waals surface area (Å²) < 4.78 is 1.06. The number of benzene rings is 2. The van der Waals surface area contributed by atoms with E-state index in [1.165, 1.54) is 5.56 Å². The second-order valence-electron chi connectivity index (χ2n) is 4.53. The van der Waals surface area contributed by atoms with E-state index in [9.17, 15) is 4.79 Å². The van der Waals surface area contributed by atoms with Gasteiger partial charge in [0, 0.05) is 21.8 Å². The molecule has 0 bridgehead atoms. The number of thioether (sulfide) groups is 1. The Kier molecular flexibility index (Phi) is 6.61. The molecule has 1 N–H and O–H groups in total. The Hall–Kier alpha value is -0.970. The van der Waals surface area contributed by atoms with E-state index in [1.807, 2.05) is 36.4 Å². The molecule has 2 nitrogen and oxygen atoms in total. The first-order valence-corrected chi connectivity index (χ1v) is 8.79. The summed E-state index contributed by atoms with van der Waals surface area (Å²) in [6.07, 6.45) is 0. The van der Waals surface area contributed by atoms with Gasteiger partial charge in [0.25, 0.3) is 0 Å².